The van der Waals surface area contributed by atoms with Gasteiger partial charge in [0, 0.05) is 6.92 Å². The molecule has 1 aromatic carbocycles. The minimum Gasteiger partial charge on any atom is -0.504 e. The van der Waals surface area contributed by atoms with Gasteiger partial charge in [-0.25, -0.2) is 0 Å². The fourth-order valence-electron chi connectivity index (χ4n) is 1.13. The van der Waals surface area contributed by atoms with Crippen molar-refractivity contribution in [2.24, 2.45) is 0 Å². The summed E-state index contributed by atoms with van der Waals surface area (Å²) in [5.74, 6) is -0.600. The minimum atomic E-state index is -0.833. The van der Waals surface area contributed by atoms with Crippen molar-refractivity contribution in [2.75, 3.05) is 14.2 Å². The lowest BCUT2D eigenvalue weighted by Crippen LogP contribution is -1.92. The molecule has 6 heteroatoms. The molecule has 0 aliphatic carbocycles. The van der Waals surface area contributed by atoms with Crippen LogP contribution < -0.4 is 9.47 Å². The number of hydrogen-bond donors (Lipinski definition) is 3. The molecule has 0 saturated carbocycles. The second-order valence-corrected chi connectivity index (χ2v) is 3.15. The van der Waals surface area contributed by atoms with Crippen molar-refractivity contribution in [3.05, 3.63) is 11.6 Å². The molecule has 6 nitrogen and oxygen atoms in total. The van der Waals surface area contributed by atoms with Crippen LogP contribution in [0.25, 0.3) is 0 Å². The lowest BCUT2D eigenvalue weighted by molar-refractivity contribution is -0.134. The van der Waals surface area contributed by atoms with Crippen LogP contribution in [0, 0.1) is 6.92 Å². The van der Waals surface area contributed by atoms with Crippen LogP contribution in [-0.4, -0.2) is 35.5 Å². The number of carbonyl (C=O) groups is 1. The van der Waals surface area contributed by atoms with Crippen LogP contribution in [0.3, 0.4) is 0 Å². The van der Waals surface area contributed by atoms with Gasteiger partial charge in [-0.15, -0.1) is 0 Å². The predicted molar refractivity (Wildman–Crippen MR) is 60.9 cm³/mol. The molecular formula is C11H16O6. The number of aromatic hydroxyl groups is 2. The summed E-state index contributed by atoms with van der Waals surface area (Å²) in [6, 6.07) is 1.41. The van der Waals surface area contributed by atoms with E-state index in [0.717, 1.165) is 6.92 Å². The van der Waals surface area contributed by atoms with E-state index < -0.39 is 5.97 Å². The Morgan fingerprint density at radius 3 is 1.94 bits per heavy atom. The molecule has 1 rings (SSSR count). The van der Waals surface area contributed by atoms with Gasteiger partial charge >= 0.3 is 0 Å². The molecule has 0 heterocycles. The molecule has 0 amide bonds. The van der Waals surface area contributed by atoms with Crippen molar-refractivity contribution in [3.8, 4) is 23.0 Å². The zero-order chi connectivity index (χ0) is 13.6. The quantitative estimate of drug-likeness (QED) is 0.682. The molecule has 0 radical (unpaired) electrons. The molecule has 0 fully saturated rings. The first-order chi connectivity index (χ1) is 7.84. The predicted octanol–water partition coefficient (Wildman–Crippen LogP) is 1.51. The van der Waals surface area contributed by atoms with E-state index in [2.05, 4.69) is 0 Å². The summed E-state index contributed by atoms with van der Waals surface area (Å²) in [5.41, 5.74) is 0.537. The molecule has 3 N–H and O–H groups in total. The Morgan fingerprint density at radius 1 is 1.18 bits per heavy atom. The van der Waals surface area contributed by atoms with Gasteiger partial charge in [0.25, 0.3) is 5.97 Å². The van der Waals surface area contributed by atoms with Gasteiger partial charge < -0.3 is 24.8 Å². The van der Waals surface area contributed by atoms with Crippen LogP contribution in [-0.2, 0) is 4.79 Å². The van der Waals surface area contributed by atoms with E-state index in [0.29, 0.717) is 5.56 Å². The standard InChI is InChI=1S/C9H12O4.C2H4O2/c1-5-4-6(10)8(12-2)9(13-3)7(5)11;1-2(3)4/h4,10-11H,1-3H3;1H3,(H,3,4). The highest BCUT2D eigenvalue weighted by Gasteiger charge is 2.16. The number of aliphatic carboxylic acids is 1. The third-order valence-corrected chi connectivity index (χ3v) is 1.79. The highest BCUT2D eigenvalue weighted by Crippen LogP contribution is 2.44. The number of rotatable bonds is 2. The van der Waals surface area contributed by atoms with E-state index >= 15 is 0 Å². The largest absolute Gasteiger partial charge is 0.504 e. The van der Waals surface area contributed by atoms with Crippen molar-refractivity contribution in [3.63, 3.8) is 0 Å². The summed E-state index contributed by atoms with van der Waals surface area (Å²) < 4.78 is 9.76. The Hall–Kier alpha value is -2.11. The van der Waals surface area contributed by atoms with Gasteiger partial charge in [-0.1, -0.05) is 0 Å². The second kappa shape index (κ2) is 6.47. The van der Waals surface area contributed by atoms with Gasteiger partial charge in [0.15, 0.2) is 11.5 Å². The van der Waals surface area contributed by atoms with E-state index in [1.807, 2.05) is 0 Å². The smallest absolute Gasteiger partial charge is 0.300 e. The van der Waals surface area contributed by atoms with Crippen molar-refractivity contribution >= 4 is 5.97 Å². The Kier molecular flexibility index (Phi) is 5.66. The Bertz CT molecular complexity index is 395. The first-order valence-electron chi connectivity index (χ1n) is 4.68. The molecule has 1 aromatic rings. The van der Waals surface area contributed by atoms with Crippen molar-refractivity contribution in [1.29, 1.82) is 0 Å². The monoisotopic (exact) mass is 244 g/mol. The summed E-state index contributed by atoms with van der Waals surface area (Å²) in [6.07, 6.45) is 0. The molecule has 0 atom stereocenters. The van der Waals surface area contributed by atoms with Crippen molar-refractivity contribution in [2.45, 2.75) is 13.8 Å². The maximum absolute atomic E-state index is 9.52. The maximum Gasteiger partial charge on any atom is 0.300 e. The average Bonchev–Trinajstić information content (AvgIpc) is 2.22. The first-order valence-corrected chi connectivity index (χ1v) is 4.68. The molecular weight excluding hydrogens is 228 g/mol. The maximum atomic E-state index is 9.52. The third kappa shape index (κ3) is 4.10. The van der Waals surface area contributed by atoms with Crippen molar-refractivity contribution in [1.82, 2.24) is 0 Å². The summed E-state index contributed by atoms with van der Waals surface area (Å²) in [4.78, 5) is 9.00. The highest BCUT2D eigenvalue weighted by atomic mass is 16.5. The third-order valence-electron chi connectivity index (χ3n) is 1.79. The van der Waals surface area contributed by atoms with E-state index in [9.17, 15) is 10.2 Å². The average molecular weight is 244 g/mol. The van der Waals surface area contributed by atoms with Gasteiger partial charge in [0.1, 0.15) is 0 Å². The van der Waals surface area contributed by atoms with Crippen LogP contribution in [0.5, 0.6) is 23.0 Å². The number of hydrogen-bond acceptors (Lipinski definition) is 5. The number of carboxylic acid groups (broad SMARTS) is 1. The van der Waals surface area contributed by atoms with Crippen LogP contribution in [0.4, 0.5) is 0 Å². The van der Waals surface area contributed by atoms with Crippen LogP contribution in [0.15, 0.2) is 6.07 Å². The van der Waals surface area contributed by atoms with Crippen molar-refractivity contribution < 1.29 is 29.6 Å². The lowest BCUT2D eigenvalue weighted by Gasteiger charge is -2.12. The zero-order valence-electron chi connectivity index (χ0n) is 10.1. The van der Waals surface area contributed by atoms with E-state index in [-0.39, 0.29) is 23.0 Å². The number of ether oxygens (including phenoxy) is 2. The molecule has 0 aliphatic rings. The number of phenols is 2. The molecule has 0 aromatic heterocycles. The van der Waals surface area contributed by atoms with Gasteiger partial charge in [-0.05, 0) is 18.6 Å². The molecule has 96 valence electrons. The molecule has 0 bridgehead atoms. The molecule has 0 aliphatic heterocycles. The van der Waals surface area contributed by atoms with E-state index in [1.165, 1.54) is 20.3 Å². The Balaban J connectivity index is 0.000000557. The number of benzene rings is 1. The van der Waals surface area contributed by atoms with E-state index in [4.69, 9.17) is 19.4 Å². The number of carboxylic acids is 1. The Labute approximate surface area is 99.0 Å². The number of methoxy groups -OCH3 is 2. The summed E-state index contributed by atoms with van der Waals surface area (Å²) in [7, 11) is 2.79. The molecule has 0 spiro atoms. The van der Waals surface area contributed by atoms with E-state index in [1.54, 1.807) is 6.92 Å². The van der Waals surface area contributed by atoms with Gasteiger partial charge in [-0.2, -0.15) is 0 Å². The SMILES string of the molecule is CC(=O)O.COc1c(O)cc(C)c(O)c1OC. The lowest BCUT2D eigenvalue weighted by atomic mass is 10.2. The summed E-state index contributed by atoms with van der Waals surface area (Å²) in [5, 5.41) is 26.3. The molecule has 0 saturated heterocycles. The van der Waals surface area contributed by atoms with Gasteiger partial charge in [-0.3, -0.25) is 4.79 Å². The topological polar surface area (TPSA) is 96.2 Å². The summed E-state index contributed by atoms with van der Waals surface area (Å²) in [6.45, 7) is 2.75. The highest BCUT2D eigenvalue weighted by molar-refractivity contribution is 5.63. The first kappa shape index (κ1) is 14.9. The zero-order valence-corrected chi connectivity index (χ0v) is 10.1. The van der Waals surface area contributed by atoms with Crippen LogP contribution in [0.2, 0.25) is 0 Å². The fourth-order valence-corrected chi connectivity index (χ4v) is 1.13. The minimum absolute atomic E-state index is 0.0165. The summed E-state index contributed by atoms with van der Waals surface area (Å²) >= 11 is 0. The number of aryl methyl sites for hydroxylation is 1. The molecule has 17 heavy (non-hydrogen) atoms. The van der Waals surface area contributed by atoms with Gasteiger partial charge in [0.05, 0.1) is 14.2 Å². The fraction of sp³-hybridized carbons (Fsp3) is 0.364. The Morgan fingerprint density at radius 2 is 1.59 bits per heavy atom. The van der Waals surface area contributed by atoms with Gasteiger partial charge in [0.2, 0.25) is 11.5 Å². The number of phenolic OH excluding ortho intramolecular Hbond substituents is 2. The van der Waals surface area contributed by atoms with Crippen LogP contribution in [0.1, 0.15) is 12.5 Å². The normalized spacial score (nSPS) is 8.94. The van der Waals surface area contributed by atoms with Crippen LogP contribution >= 0.6 is 0 Å². The second-order valence-electron chi connectivity index (χ2n) is 3.15. The molecule has 0 unspecified atom stereocenters.